The average molecular weight is 467 g/mol. The molecule has 1 unspecified atom stereocenters. The minimum absolute atomic E-state index is 0.101. The number of carbonyl (C=O) groups is 2. The number of rotatable bonds is 3. The summed E-state index contributed by atoms with van der Waals surface area (Å²) in [6, 6.07) is 17.6. The van der Waals surface area contributed by atoms with Gasteiger partial charge in [-0.1, -0.05) is 51.1 Å². The summed E-state index contributed by atoms with van der Waals surface area (Å²) >= 11 is 0. The maximum Gasteiger partial charge on any atom is 0.247 e. The number of para-hydroxylation sites is 1. The van der Waals surface area contributed by atoms with Gasteiger partial charge in [0.2, 0.25) is 5.91 Å². The molecule has 35 heavy (non-hydrogen) atoms. The smallest absolute Gasteiger partial charge is 0.247 e. The number of nitriles is 1. The van der Waals surface area contributed by atoms with Crippen molar-refractivity contribution in [2.45, 2.75) is 52.4 Å². The van der Waals surface area contributed by atoms with Crippen LogP contribution in [-0.2, 0) is 15.0 Å². The first-order valence-electron chi connectivity index (χ1n) is 12.1. The molecule has 0 fully saturated rings. The minimum atomic E-state index is -1.52. The predicted octanol–water partition coefficient (Wildman–Crippen LogP) is 4.85. The summed E-state index contributed by atoms with van der Waals surface area (Å²) in [6.45, 7) is 8.62. The van der Waals surface area contributed by atoms with Crippen LogP contribution in [-0.4, -0.2) is 18.2 Å². The molecular weight excluding hydrogens is 436 g/mol. The lowest BCUT2D eigenvalue weighted by atomic mass is 9.60. The number of allylic oxidation sites excluding steroid dienone is 1. The predicted molar refractivity (Wildman–Crippen MR) is 136 cm³/mol. The molecule has 0 radical (unpaired) electrons. The number of anilines is 2. The molecule has 1 amide bonds. The molecule has 2 heterocycles. The highest BCUT2D eigenvalue weighted by atomic mass is 16.2. The molecule has 6 heteroatoms. The van der Waals surface area contributed by atoms with E-state index >= 15 is 0 Å². The van der Waals surface area contributed by atoms with Crippen molar-refractivity contribution in [1.29, 1.82) is 5.26 Å². The standard InChI is InChI=1S/C29H30N4O2/c1-5-13-32-22-12-7-6-11-20(22)29(27(32)35)21(17-30)26(31)33(19-10-8-9-18(2)14-19)23-15-28(3,4)16-24(34)25(23)29/h6-12,14H,5,13,15-16,31H2,1-4H3. The maximum absolute atomic E-state index is 14.4. The lowest BCUT2D eigenvalue weighted by molar-refractivity contribution is -0.125. The van der Waals surface area contributed by atoms with E-state index in [1.54, 1.807) is 4.90 Å². The van der Waals surface area contributed by atoms with Crippen LogP contribution >= 0.6 is 0 Å². The number of nitrogens with two attached hydrogens (primary N) is 1. The summed E-state index contributed by atoms with van der Waals surface area (Å²) in [5, 5.41) is 10.5. The van der Waals surface area contributed by atoms with E-state index in [4.69, 9.17) is 5.73 Å². The molecule has 3 aliphatic rings. The maximum atomic E-state index is 14.4. The van der Waals surface area contributed by atoms with Crippen LogP contribution in [0, 0.1) is 23.7 Å². The van der Waals surface area contributed by atoms with E-state index in [0.29, 0.717) is 30.5 Å². The Labute approximate surface area is 206 Å². The van der Waals surface area contributed by atoms with Gasteiger partial charge in [-0.15, -0.1) is 0 Å². The topological polar surface area (TPSA) is 90.4 Å². The molecule has 1 aliphatic carbocycles. The molecule has 0 saturated carbocycles. The van der Waals surface area contributed by atoms with E-state index in [1.807, 2.05) is 67.3 Å². The average Bonchev–Trinajstić information content (AvgIpc) is 3.02. The van der Waals surface area contributed by atoms with Crippen LogP contribution in [0.5, 0.6) is 0 Å². The minimum Gasteiger partial charge on any atom is -0.384 e. The van der Waals surface area contributed by atoms with Crippen LogP contribution in [0.3, 0.4) is 0 Å². The Bertz CT molecular complexity index is 1380. The fourth-order valence-electron chi connectivity index (χ4n) is 6.06. The third-order valence-electron chi connectivity index (χ3n) is 7.35. The monoisotopic (exact) mass is 466 g/mol. The van der Waals surface area contributed by atoms with Gasteiger partial charge in [0.15, 0.2) is 5.78 Å². The molecule has 2 aliphatic heterocycles. The summed E-state index contributed by atoms with van der Waals surface area (Å²) in [5.74, 6) is -0.149. The Kier molecular flexibility index (Phi) is 5.14. The van der Waals surface area contributed by atoms with E-state index in [9.17, 15) is 14.9 Å². The van der Waals surface area contributed by atoms with Crippen molar-refractivity contribution >= 4 is 23.1 Å². The third kappa shape index (κ3) is 3.07. The first-order chi connectivity index (χ1) is 16.7. The molecule has 0 aromatic heterocycles. The van der Waals surface area contributed by atoms with Gasteiger partial charge in [-0.25, -0.2) is 0 Å². The fourth-order valence-corrected chi connectivity index (χ4v) is 6.06. The molecule has 2 N–H and O–H groups in total. The highest BCUT2D eigenvalue weighted by Gasteiger charge is 2.63. The van der Waals surface area contributed by atoms with Crippen molar-refractivity contribution in [2.75, 3.05) is 16.3 Å². The number of hydrogen-bond donors (Lipinski definition) is 1. The first kappa shape index (κ1) is 22.9. The number of aryl methyl sites for hydroxylation is 1. The van der Waals surface area contributed by atoms with Crippen molar-refractivity contribution in [3.05, 3.63) is 82.3 Å². The number of fused-ring (bicyclic) bond motifs is 3. The van der Waals surface area contributed by atoms with Crippen molar-refractivity contribution in [1.82, 2.24) is 0 Å². The number of nitrogens with zero attached hydrogens (tertiary/aromatic N) is 3. The highest BCUT2D eigenvalue weighted by molar-refractivity contribution is 6.20. The number of Topliss-reactive ketones (excluding diaryl/α,β-unsaturated/α-hetero) is 1. The number of hydrogen-bond acceptors (Lipinski definition) is 5. The van der Waals surface area contributed by atoms with Crippen LogP contribution in [0.25, 0.3) is 0 Å². The Morgan fingerprint density at radius 1 is 1.09 bits per heavy atom. The molecule has 6 nitrogen and oxygen atoms in total. The Hall–Kier alpha value is -3.85. The van der Waals surface area contributed by atoms with Crippen LogP contribution < -0.4 is 15.5 Å². The zero-order chi connectivity index (χ0) is 25.1. The van der Waals surface area contributed by atoms with Gasteiger partial charge < -0.3 is 10.6 Å². The number of ketones is 1. The van der Waals surface area contributed by atoms with Crippen molar-refractivity contribution in [3.63, 3.8) is 0 Å². The zero-order valence-electron chi connectivity index (χ0n) is 20.7. The van der Waals surface area contributed by atoms with E-state index in [2.05, 4.69) is 19.9 Å². The van der Waals surface area contributed by atoms with Gasteiger partial charge in [0.25, 0.3) is 0 Å². The Morgan fingerprint density at radius 2 is 1.83 bits per heavy atom. The molecule has 1 atom stereocenters. The number of amides is 1. The SMILES string of the molecule is CCCN1C(=O)C2(C(C#N)=C(N)N(c3cccc(C)c3)C3=C2C(=O)CC(C)(C)C3)c2ccccc21. The third-order valence-corrected chi connectivity index (χ3v) is 7.35. The molecule has 178 valence electrons. The van der Waals surface area contributed by atoms with Crippen molar-refractivity contribution in [3.8, 4) is 6.07 Å². The van der Waals surface area contributed by atoms with Gasteiger partial charge in [-0.3, -0.25) is 14.5 Å². The van der Waals surface area contributed by atoms with Gasteiger partial charge in [-0.05, 0) is 48.9 Å². The van der Waals surface area contributed by atoms with E-state index in [-0.39, 0.29) is 28.5 Å². The van der Waals surface area contributed by atoms with Gasteiger partial charge >= 0.3 is 0 Å². The second-order valence-electron chi connectivity index (χ2n) is 10.5. The summed E-state index contributed by atoms with van der Waals surface area (Å²) in [5.41, 5.74) is 9.47. The molecule has 2 aromatic rings. The van der Waals surface area contributed by atoms with Gasteiger partial charge in [0, 0.05) is 41.2 Å². The quantitative estimate of drug-likeness (QED) is 0.699. The molecule has 1 spiro atoms. The van der Waals surface area contributed by atoms with E-state index in [0.717, 1.165) is 29.1 Å². The van der Waals surface area contributed by atoms with Gasteiger partial charge in [0.1, 0.15) is 17.3 Å². The summed E-state index contributed by atoms with van der Waals surface area (Å²) < 4.78 is 0. The second kappa shape index (κ2) is 7.84. The molecular formula is C29H30N4O2. The van der Waals surface area contributed by atoms with Crippen LogP contribution in [0.1, 0.15) is 51.2 Å². The highest BCUT2D eigenvalue weighted by Crippen LogP contribution is 2.58. The molecule has 0 bridgehead atoms. The first-order valence-corrected chi connectivity index (χ1v) is 12.1. The van der Waals surface area contributed by atoms with Gasteiger partial charge in [-0.2, -0.15) is 5.26 Å². The van der Waals surface area contributed by atoms with Crippen molar-refractivity contribution in [2.24, 2.45) is 11.1 Å². The lowest BCUT2D eigenvalue weighted by Crippen LogP contribution is -2.54. The largest absolute Gasteiger partial charge is 0.384 e. The summed E-state index contributed by atoms with van der Waals surface area (Å²) in [6.07, 6.45) is 1.61. The normalized spacial score (nSPS) is 23.1. The van der Waals surface area contributed by atoms with E-state index < -0.39 is 5.41 Å². The van der Waals surface area contributed by atoms with Crippen LogP contribution in [0.2, 0.25) is 0 Å². The zero-order valence-corrected chi connectivity index (χ0v) is 20.7. The number of carbonyl (C=O) groups excluding carboxylic acids is 2. The molecule has 0 saturated heterocycles. The van der Waals surface area contributed by atoms with Crippen LogP contribution in [0.15, 0.2) is 71.2 Å². The van der Waals surface area contributed by atoms with E-state index in [1.165, 1.54) is 0 Å². The Balaban J connectivity index is 1.90. The fraction of sp³-hybridized carbons (Fsp3) is 0.345. The van der Waals surface area contributed by atoms with Gasteiger partial charge in [0.05, 0.1) is 5.57 Å². The summed E-state index contributed by atoms with van der Waals surface area (Å²) in [4.78, 5) is 32.0. The molecule has 5 rings (SSSR count). The van der Waals surface area contributed by atoms with Crippen LogP contribution in [0.4, 0.5) is 11.4 Å². The van der Waals surface area contributed by atoms with Crippen molar-refractivity contribution < 1.29 is 9.59 Å². The number of benzene rings is 2. The second-order valence-corrected chi connectivity index (χ2v) is 10.5. The Morgan fingerprint density at radius 3 is 2.51 bits per heavy atom. The molecule has 2 aromatic carbocycles. The summed E-state index contributed by atoms with van der Waals surface area (Å²) in [7, 11) is 0. The lowest BCUT2D eigenvalue weighted by Gasteiger charge is -2.47.